The van der Waals surface area contributed by atoms with Crippen molar-refractivity contribution >= 4 is 27.8 Å². The van der Waals surface area contributed by atoms with Gasteiger partial charge in [-0.25, -0.2) is 9.37 Å². The van der Waals surface area contributed by atoms with Gasteiger partial charge < -0.3 is 19.4 Å². The number of nitrogens with one attached hydrogen (secondary N) is 1. The third kappa shape index (κ3) is 4.63. The zero-order valence-electron chi connectivity index (χ0n) is 20.4. The summed E-state index contributed by atoms with van der Waals surface area (Å²) in [6.45, 7) is 0.367. The molecule has 0 aliphatic rings. The largest absolute Gasteiger partial charge is 0.493 e. The summed E-state index contributed by atoms with van der Waals surface area (Å²) in [5, 5.41) is 3.35. The van der Waals surface area contributed by atoms with Gasteiger partial charge in [-0.2, -0.15) is 0 Å². The number of para-hydroxylation sites is 1. The molecule has 0 aliphatic carbocycles. The van der Waals surface area contributed by atoms with Gasteiger partial charge in [0.05, 0.1) is 32.6 Å². The molecule has 0 saturated carbocycles. The van der Waals surface area contributed by atoms with Crippen molar-refractivity contribution in [2.24, 2.45) is 0 Å². The van der Waals surface area contributed by atoms with Crippen LogP contribution >= 0.6 is 0 Å². The average molecular weight is 501 g/mol. The molecule has 2 heterocycles. The first-order valence-corrected chi connectivity index (χ1v) is 11.7. The van der Waals surface area contributed by atoms with Crippen LogP contribution in [0.5, 0.6) is 11.5 Å². The summed E-state index contributed by atoms with van der Waals surface area (Å²) < 4.78 is 28.0. The number of fused-ring (bicyclic) bond motifs is 3. The molecule has 0 saturated heterocycles. The number of hydrogen-bond donors (Lipinski definition) is 1. The maximum absolute atomic E-state index is 14.1. The molecule has 0 fully saturated rings. The Morgan fingerprint density at radius 3 is 2.59 bits per heavy atom. The minimum atomic E-state index is -0.448. The third-order valence-electron chi connectivity index (χ3n) is 6.25. The second-order valence-corrected chi connectivity index (χ2v) is 8.54. The van der Waals surface area contributed by atoms with E-state index in [4.69, 9.17) is 9.47 Å². The maximum atomic E-state index is 14.1. The highest BCUT2D eigenvalue weighted by Gasteiger charge is 2.19. The van der Waals surface area contributed by atoms with E-state index in [0.717, 1.165) is 11.1 Å². The molecule has 5 aromatic rings. The summed E-state index contributed by atoms with van der Waals surface area (Å²) in [7, 11) is 3.08. The summed E-state index contributed by atoms with van der Waals surface area (Å²) in [6, 6.07) is 19.1. The highest BCUT2D eigenvalue weighted by atomic mass is 19.1. The smallest absolute Gasteiger partial charge is 0.278 e. The van der Waals surface area contributed by atoms with Gasteiger partial charge in [0.25, 0.3) is 5.56 Å². The molecule has 188 valence electrons. The van der Waals surface area contributed by atoms with Crippen LogP contribution in [0.1, 0.15) is 11.1 Å². The van der Waals surface area contributed by atoms with E-state index >= 15 is 0 Å². The summed E-state index contributed by atoms with van der Waals surface area (Å²) in [6.07, 6.45) is 1.46. The van der Waals surface area contributed by atoms with Crippen molar-refractivity contribution in [2.45, 2.75) is 19.6 Å². The van der Waals surface area contributed by atoms with Gasteiger partial charge in [-0.15, -0.1) is 0 Å². The Morgan fingerprint density at radius 2 is 1.84 bits per heavy atom. The van der Waals surface area contributed by atoms with E-state index < -0.39 is 5.82 Å². The number of hydrogen-bond acceptors (Lipinski definition) is 5. The number of benzene rings is 3. The lowest BCUT2D eigenvalue weighted by atomic mass is 10.2. The molecule has 0 unspecified atom stereocenters. The first-order valence-electron chi connectivity index (χ1n) is 11.7. The van der Waals surface area contributed by atoms with E-state index in [1.54, 1.807) is 23.8 Å². The Kier molecular flexibility index (Phi) is 6.59. The van der Waals surface area contributed by atoms with Gasteiger partial charge in [-0.1, -0.05) is 42.5 Å². The zero-order valence-corrected chi connectivity index (χ0v) is 20.4. The number of aromatic nitrogens is 3. The molecule has 2 aromatic heterocycles. The van der Waals surface area contributed by atoms with E-state index in [1.165, 1.54) is 30.1 Å². The Hall–Kier alpha value is -4.66. The number of carbonyl (C=O) groups is 1. The fraction of sp³-hybridized carbons (Fsp3) is 0.179. The van der Waals surface area contributed by atoms with E-state index in [9.17, 15) is 14.0 Å². The molecule has 1 amide bonds. The number of ether oxygens (including phenoxy) is 2. The Bertz CT molecular complexity index is 1660. The van der Waals surface area contributed by atoms with Crippen LogP contribution in [-0.4, -0.2) is 34.2 Å². The topological polar surface area (TPSA) is 87.4 Å². The predicted octanol–water partition coefficient (Wildman–Crippen LogP) is 3.87. The van der Waals surface area contributed by atoms with E-state index in [1.807, 2.05) is 42.5 Å². The second-order valence-electron chi connectivity index (χ2n) is 8.54. The lowest BCUT2D eigenvalue weighted by Gasteiger charge is -2.14. The minimum absolute atomic E-state index is 0.149. The van der Waals surface area contributed by atoms with Gasteiger partial charge in [0.15, 0.2) is 11.5 Å². The Morgan fingerprint density at radius 1 is 1.03 bits per heavy atom. The highest BCUT2D eigenvalue weighted by molar-refractivity contribution is 6.06. The van der Waals surface area contributed by atoms with Crippen LogP contribution in [0.2, 0.25) is 0 Å². The van der Waals surface area contributed by atoms with E-state index in [0.29, 0.717) is 34.5 Å². The quantitative estimate of drug-likeness (QED) is 0.350. The van der Waals surface area contributed by atoms with Crippen molar-refractivity contribution in [3.63, 3.8) is 0 Å². The van der Waals surface area contributed by atoms with Crippen LogP contribution in [0.4, 0.5) is 4.39 Å². The van der Waals surface area contributed by atoms with E-state index in [2.05, 4.69) is 10.3 Å². The summed E-state index contributed by atoms with van der Waals surface area (Å²) >= 11 is 0. The number of amides is 1. The van der Waals surface area contributed by atoms with Gasteiger partial charge in [0.2, 0.25) is 5.91 Å². The summed E-state index contributed by atoms with van der Waals surface area (Å²) in [5.74, 6) is 0.316. The maximum Gasteiger partial charge on any atom is 0.278 e. The fourth-order valence-corrected chi connectivity index (χ4v) is 4.52. The van der Waals surface area contributed by atoms with Gasteiger partial charge in [-0.3, -0.25) is 14.2 Å². The lowest BCUT2D eigenvalue weighted by Crippen LogP contribution is -2.29. The van der Waals surface area contributed by atoms with Crippen molar-refractivity contribution < 1.29 is 18.7 Å². The molecule has 0 spiro atoms. The van der Waals surface area contributed by atoms with Crippen LogP contribution in [0.25, 0.3) is 21.9 Å². The molecule has 1 N–H and O–H groups in total. The predicted molar refractivity (Wildman–Crippen MR) is 138 cm³/mol. The average Bonchev–Trinajstić information content (AvgIpc) is 3.22. The van der Waals surface area contributed by atoms with Crippen LogP contribution in [0.15, 0.2) is 77.9 Å². The molecule has 0 atom stereocenters. The first kappa shape index (κ1) is 24.1. The molecule has 5 rings (SSSR count). The monoisotopic (exact) mass is 500 g/mol. The SMILES string of the molecule is COc1cccc(CNC(=O)Cn2c3ccc(F)cc3c3ncn(Cc4ccccc4)c(=O)c32)c1OC. The number of rotatable bonds is 8. The van der Waals surface area contributed by atoms with Crippen LogP contribution in [-0.2, 0) is 24.4 Å². The lowest BCUT2D eigenvalue weighted by molar-refractivity contribution is -0.121. The Labute approximate surface area is 211 Å². The highest BCUT2D eigenvalue weighted by Crippen LogP contribution is 2.30. The van der Waals surface area contributed by atoms with Crippen LogP contribution in [0.3, 0.4) is 0 Å². The fourth-order valence-electron chi connectivity index (χ4n) is 4.52. The molecule has 37 heavy (non-hydrogen) atoms. The van der Waals surface area contributed by atoms with Gasteiger partial charge in [0, 0.05) is 17.5 Å². The normalized spacial score (nSPS) is 11.1. The Balaban J connectivity index is 1.51. The third-order valence-corrected chi connectivity index (χ3v) is 6.25. The molecule has 8 nitrogen and oxygen atoms in total. The standard InChI is InChI=1S/C28H25FN4O4/c1-36-23-10-6-9-19(27(23)37-2)14-30-24(34)16-33-22-12-11-20(29)13-21(22)25-26(33)28(35)32(17-31-25)15-18-7-4-3-5-8-18/h3-13,17H,14-16H2,1-2H3,(H,30,34). The van der Waals surface area contributed by atoms with Crippen LogP contribution in [0, 0.1) is 5.82 Å². The number of methoxy groups -OCH3 is 2. The molecule has 3 aromatic carbocycles. The van der Waals surface area contributed by atoms with E-state index in [-0.39, 0.29) is 30.1 Å². The van der Waals surface area contributed by atoms with Crippen molar-refractivity contribution in [3.8, 4) is 11.5 Å². The zero-order chi connectivity index (χ0) is 25.9. The molecular formula is C28H25FN4O4. The second kappa shape index (κ2) is 10.1. The van der Waals surface area contributed by atoms with Crippen molar-refractivity contribution in [1.29, 1.82) is 0 Å². The van der Waals surface area contributed by atoms with Crippen molar-refractivity contribution in [2.75, 3.05) is 14.2 Å². The van der Waals surface area contributed by atoms with Crippen molar-refractivity contribution in [1.82, 2.24) is 19.4 Å². The molecular weight excluding hydrogens is 475 g/mol. The molecule has 9 heteroatoms. The van der Waals surface area contributed by atoms with Gasteiger partial charge in [-0.05, 0) is 29.8 Å². The van der Waals surface area contributed by atoms with Crippen molar-refractivity contribution in [3.05, 3.63) is 100 Å². The van der Waals surface area contributed by atoms with Crippen LogP contribution < -0.4 is 20.3 Å². The van der Waals surface area contributed by atoms with Gasteiger partial charge >= 0.3 is 0 Å². The molecule has 0 aliphatic heterocycles. The van der Waals surface area contributed by atoms with Gasteiger partial charge in [0.1, 0.15) is 23.4 Å². The number of carbonyl (C=O) groups excluding carboxylic acids is 1. The summed E-state index contributed by atoms with van der Waals surface area (Å²) in [5.41, 5.74) is 2.51. The molecule has 0 radical (unpaired) electrons. The summed E-state index contributed by atoms with van der Waals surface area (Å²) in [4.78, 5) is 31.1. The molecule has 0 bridgehead atoms. The first-order chi connectivity index (χ1) is 18.0. The number of halogens is 1. The number of nitrogens with zero attached hydrogens (tertiary/aromatic N) is 3. The minimum Gasteiger partial charge on any atom is -0.493 e.